The van der Waals surface area contributed by atoms with Crippen LogP contribution in [0.5, 0.6) is 0 Å². The van der Waals surface area contributed by atoms with Gasteiger partial charge in [-0.15, -0.1) is 23.2 Å². The molecule has 0 N–H and O–H groups in total. The van der Waals surface area contributed by atoms with Gasteiger partial charge in [0.05, 0.1) is 0 Å². The second-order valence-electron chi connectivity index (χ2n) is 10.7. The van der Waals surface area contributed by atoms with Crippen LogP contribution >= 0.6 is 23.2 Å². The summed E-state index contributed by atoms with van der Waals surface area (Å²) in [6, 6.07) is 51.2. The summed E-state index contributed by atoms with van der Waals surface area (Å²) in [7, 11) is 0. The Bertz CT molecular complexity index is 1680. The Morgan fingerprint density at radius 1 is 0.300 bits per heavy atom. The SMILES string of the molecule is ClC1(c2ccc(-c3ccc(C4(Cl)c5ccccc5-c5ccccc54)cc3)cc2)c2ccccc2-c2ccccc21. The van der Waals surface area contributed by atoms with Gasteiger partial charge in [-0.05, 0) is 66.8 Å². The largest absolute Gasteiger partial charge is 0.121 e. The fourth-order valence-corrected chi connectivity index (χ4v) is 7.68. The Labute approximate surface area is 244 Å². The first-order valence-corrected chi connectivity index (χ1v) is 14.3. The highest BCUT2D eigenvalue weighted by molar-refractivity contribution is 6.31. The molecule has 0 heterocycles. The van der Waals surface area contributed by atoms with E-state index in [9.17, 15) is 0 Å². The maximum Gasteiger partial charge on any atom is 0.121 e. The Kier molecular flexibility index (Phi) is 5.17. The van der Waals surface area contributed by atoms with E-state index in [0.717, 1.165) is 44.5 Å². The van der Waals surface area contributed by atoms with E-state index < -0.39 is 9.75 Å². The van der Waals surface area contributed by atoms with Crippen molar-refractivity contribution in [2.75, 3.05) is 0 Å². The van der Waals surface area contributed by atoms with E-state index in [1.807, 2.05) is 0 Å². The molecular formula is C38H24Cl2. The minimum Gasteiger partial charge on any atom is -0.103 e. The van der Waals surface area contributed by atoms with Crippen molar-refractivity contribution in [2.24, 2.45) is 0 Å². The van der Waals surface area contributed by atoms with E-state index in [2.05, 4.69) is 146 Å². The average molecular weight is 552 g/mol. The van der Waals surface area contributed by atoms with Crippen molar-refractivity contribution >= 4 is 23.2 Å². The normalized spacial score (nSPS) is 15.2. The van der Waals surface area contributed by atoms with Gasteiger partial charge in [0.2, 0.25) is 0 Å². The van der Waals surface area contributed by atoms with Crippen molar-refractivity contribution in [3.05, 3.63) is 179 Å². The molecule has 6 aromatic carbocycles. The molecular weight excluding hydrogens is 527 g/mol. The van der Waals surface area contributed by atoms with Crippen LogP contribution in [0.25, 0.3) is 33.4 Å². The van der Waals surface area contributed by atoms with Crippen LogP contribution in [0.2, 0.25) is 0 Å². The number of alkyl halides is 2. The molecule has 0 nitrogen and oxygen atoms in total. The van der Waals surface area contributed by atoms with E-state index in [-0.39, 0.29) is 0 Å². The van der Waals surface area contributed by atoms with Crippen LogP contribution in [0, 0.1) is 0 Å². The molecule has 0 bridgehead atoms. The lowest BCUT2D eigenvalue weighted by atomic mass is 9.86. The van der Waals surface area contributed by atoms with E-state index in [4.69, 9.17) is 23.2 Å². The highest BCUT2D eigenvalue weighted by atomic mass is 35.5. The van der Waals surface area contributed by atoms with Gasteiger partial charge in [-0.25, -0.2) is 0 Å². The molecule has 0 radical (unpaired) electrons. The highest BCUT2D eigenvalue weighted by Crippen LogP contribution is 2.56. The van der Waals surface area contributed by atoms with Crippen molar-refractivity contribution < 1.29 is 0 Å². The molecule has 190 valence electrons. The van der Waals surface area contributed by atoms with Crippen LogP contribution in [-0.4, -0.2) is 0 Å². The molecule has 40 heavy (non-hydrogen) atoms. The van der Waals surface area contributed by atoms with Gasteiger partial charge < -0.3 is 0 Å². The summed E-state index contributed by atoms with van der Waals surface area (Å²) < 4.78 is 0. The lowest BCUT2D eigenvalue weighted by molar-refractivity contribution is 0.910. The van der Waals surface area contributed by atoms with E-state index in [1.165, 1.54) is 22.3 Å². The summed E-state index contributed by atoms with van der Waals surface area (Å²) >= 11 is 15.1. The fraction of sp³-hybridized carbons (Fsp3) is 0.0526. The molecule has 0 aromatic heterocycles. The average Bonchev–Trinajstić information content (AvgIpc) is 3.45. The maximum absolute atomic E-state index is 7.53. The summed E-state index contributed by atoms with van der Waals surface area (Å²) in [4.78, 5) is -1.41. The van der Waals surface area contributed by atoms with Crippen molar-refractivity contribution in [1.82, 2.24) is 0 Å². The van der Waals surface area contributed by atoms with Crippen molar-refractivity contribution in [2.45, 2.75) is 9.75 Å². The first kappa shape index (κ1) is 23.8. The van der Waals surface area contributed by atoms with Crippen molar-refractivity contribution in [3.8, 4) is 33.4 Å². The zero-order valence-electron chi connectivity index (χ0n) is 21.6. The number of rotatable bonds is 3. The van der Waals surface area contributed by atoms with Gasteiger partial charge in [0.1, 0.15) is 9.75 Å². The van der Waals surface area contributed by atoms with Gasteiger partial charge in [0.15, 0.2) is 0 Å². The zero-order chi connectivity index (χ0) is 26.9. The Morgan fingerprint density at radius 3 is 0.825 bits per heavy atom. The molecule has 2 aliphatic carbocycles. The molecule has 6 aromatic rings. The smallest absolute Gasteiger partial charge is 0.103 e. The third-order valence-corrected chi connectivity index (χ3v) is 9.92. The maximum atomic E-state index is 7.53. The second kappa shape index (κ2) is 8.70. The van der Waals surface area contributed by atoms with Crippen LogP contribution in [-0.2, 0) is 9.75 Å². The predicted molar refractivity (Wildman–Crippen MR) is 167 cm³/mol. The monoisotopic (exact) mass is 550 g/mol. The van der Waals surface area contributed by atoms with E-state index >= 15 is 0 Å². The first-order chi connectivity index (χ1) is 19.6. The summed E-state index contributed by atoms with van der Waals surface area (Å²) in [5, 5.41) is 0. The molecule has 0 fully saturated rings. The third-order valence-electron chi connectivity index (χ3n) is 8.67. The summed E-state index contributed by atoms with van der Waals surface area (Å²) in [6.07, 6.45) is 0. The number of halogens is 2. The number of hydrogen-bond acceptors (Lipinski definition) is 0. The first-order valence-electron chi connectivity index (χ1n) is 13.6. The fourth-order valence-electron chi connectivity index (χ4n) is 6.77. The summed E-state index contributed by atoms with van der Waals surface area (Å²) in [6.45, 7) is 0. The van der Waals surface area contributed by atoms with Crippen LogP contribution in [0.3, 0.4) is 0 Å². The molecule has 0 unspecified atom stereocenters. The molecule has 2 heteroatoms. The summed E-state index contributed by atoms with van der Waals surface area (Å²) in [5.74, 6) is 0. The Morgan fingerprint density at radius 2 is 0.550 bits per heavy atom. The van der Waals surface area contributed by atoms with E-state index in [1.54, 1.807) is 0 Å². The summed E-state index contributed by atoms with van der Waals surface area (Å²) in [5.41, 5.74) is 13.8. The van der Waals surface area contributed by atoms with Crippen LogP contribution < -0.4 is 0 Å². The number of hydrogen-bond donors (Lipinski definition) is 0. The molecule has 2 aliphatic rings. The molecule has 0 aliphatic heterocycles. The Balaban J connectivity index is 1.17. The molecule has 8 rings (SSSR count). The second-order valence-corrected chi connectivity index (χ2v) is 11.8. The Hall–Kier alpha value is -4.10. The van der Waals surface area contributed by atoms with Crippen molar-refractivity contribution in [3.63, 3.8) is 0 Å². The van der Waals surface area contributed by atoms with Gasteiger partial charge in [-0.1, -0.05) is 146 Å². The predicted octanol–water partition coefficient (Wildman–Crippen LogP) is 10.4. The minimum absolute atomic E-state index is 0.705. The van der Waals surface area contributed by atoms with Gasteiger partial charge in [0.25, 0.3) is 0 Å². The van der Waals surface area contributed by atoms with Crippen LogP contribution in [0.1, 0.15) is 33.4 Å². The highest BCUT2D eigenvalue weighted by Gasteiger charge is 2.44. The standard InChI is InChI=1S/C38H24Cl2/c39-37(33-13-5-1-9-29(33)30-10-2-6-14-34(30)37)27-21-17-25(18-22-27)26-19-23-28(24-20-26)38(40)35-15-7-3-11-31(35)32-12-4-8-16-36(32)38/h1-24H. The molecule has 0 saturated heterocycles. The van der Waals surface area contributed by atoms with Gasteiger partial charge >= 0.3 is 0 Å². The molecule has 0 amide bonds. The third kappa shape index (κ3) is 3.15. The van der Waals surface area contributed by atoms with Gasteiger partial charge in [0, 0.05) is 0 Å². The lowest BCUT2D eigenvalue weighted by Gasteiger charge is -2.26. The van der Waals surface area contributed by atoms with E-state index in [0.29, 0.717) is 0 Å². The minimum atomic E-state index is -0.705. The van der Waals surface area contributed by atoms with Crippen LogP contribution in [0.4, 0.5) is 0 Å². The number of benzene rings is 6. The molecule has 0 atom stereocenters. The van der Waals surface area contributed by atoms with Crippen LogP contribution in [0.15, 0.2) is 146 Å². The number of fused-ring (bicyclic) bond motifs is 6. The van der Waals surface area contributed by atoms with Crippen molar-refractivity contribution in [1.29, 1.82) is 0 Å². The van der Waals surface area contributed by atoms with Gasteiger partial charge in [-0.2, -0.15) is 0 Å². The molecule has 0 saturated carbocycles. The zero-order valence-corrected chi connectivity index (χ0v) is 23.1. The quantitative estimate of drug-likeness (QED) is 0.192. The lowest BCUT2D eigenvalue weighted by Crippen LogP contribution is -2.19. The topological polar surface area (TPSA) is 0 Å². The van der Waals surface area contributed by atoms with Gasteiger partial charge in [-0.3, -0.25) is 0 Å². The molecule has 0 spiro atoms.